The van der Waals surface area contributed by atoms with Crippen molar-refractivity contribution in [3.8, 4) is 0 Å². The van der Waals surface area contributed by atoms with E-state index < -0.39 is 0 Å². The van der Waals surface area contributed by atoms with Crippen LogP contribution < -0.4 is 16.8 Å². The Hall–Kier alpha value is -2.53. The summed E-state index contributed by atoms with van der Waals surface area (Å²) in [5.74, 6) is 1.70. The smallest absolute Gasteiger partial charge is 0.146 e. The van der Waals surface area contributed by atoms with Crippen molar-refractivity contribution in [2.45, 2.75) is 24.8 Å². The molecule has 1 fully saturated rings. The van der Waals surface area contributed by atoms with Gasteiger partial charge in [-0.3, -0.25) is 0 Å². The van der Waals surface area contributed by atoms with Gasteiger partial charge in [-0.15, -0.1) is 0 Å². The number of benzene rings is 1. The Balaban J connectivity index is 1.45. The van der Waals surface area contributed by atoms with Crippen LogP contribution in [0.5, 0.6) is 0 Å². The molecule has 5 N–H and O–H groups in total. The first-order chi connectivity index (χ1) is 11.6. The second-order valence-electron chi connectivity index (χ2n) is 6.24. The zero-order chi connectivity index (χ0) is 16.7. The molecule has 0 radical (unpaired) electrons. The lowest BCUT2D eigenvalue weighted by atomic mass is 9.75. The first kappa shape index (κ1) is 15.0. The number of aromatic nitrogens is 2. The van der Waals surface area contributed by atoms with Crippen molar-refractivity contribution in [3.63, 3.8) is 0 Å². The minimum atomic E-state index is 0.382. The minimum absolute atomic E-state index is 0.382. The highest BCUT2D eigenvalue weighted by Gasteiger charge is 2.32. The molecule has 1 aromatic carbocycles. The molecule has 2 aromatic heterocycles. The summed E-state index contributed by atoms with van der Waals surface area (Å²) in [5, 5.41) is 5.26. The van der Waals surface area contributed by atoms with Crippen molar-refractivity contribution in [2.75, 3.05) is 16.8 Å². The lowest BCUT2D eigenvalue weighted by Gasteiger charge is -2.37. The van der Waals surface area contributed by atoms with Crippen LogP contribution in [0.15, 0.2) is 42.6 Å². The van der Waals surface area contributed by atoms with Gasteiger partial charge in [0.15, 0.2) is 0 Å². The summed E-state index contributed by atoms with van der Waals surface area (Å²) in [4.78, 5) is 8.66. The van der Waals surface area contributed by atoms with E-state index >= 15 is 0 Å². The van der Waals surface area contributed by atoms with Crippen LogP contribution in [0.3, 0.4) is 0 Å². The van der Waals surface area contributed by atoms with E-state index in [1.165, 1.54) is 0 Å². The Morgan fingerprint density at radius 1 is 1.08 bits per heavy atom. The standard InChI is InChI=1S/C18H18ClN5/c19-12-3-1-10-2-4-16(24-15(10)9-12)23-13-7-11(8-13)14-5-6-22-18(21)17(14)20/h1-6,9,11,13H,7-8,20H2,(H2,21,22)(H,23,24). The maximum absolute atomic E-state index is 6.04. The van der Waals surface area contributed by atoms with Gasteiger partial charge >= 0.3 is 0 Å². The second kappa shape index (κ2) is 5.83. The largest absolute Gasteiger partial charge is 0.396 e. The Morgan fingerprint density at radius 2 is 1.88 bits per heavy atom. The topological polar surface area (TPSA) is 89.8 Å². The monoisotopic (exact) mass is 339 g/mol. The molecular weight excluding hydrogens is 322 g/mol. The molecule has 6 heteroatoms. The van der Waals surface area contributed by atoms with Gasteiger partial charge in [-0.05, 0) is 54.7 Å². The fourth-order valence-electron chi connectivity index (χ4n) is 3.23. The minimum Gasteiger partial charge on any atom is -0.396 e. The van der Waals surface area contributed by atoms with Crippen LogP contribution in [-0.2, 0) is 0 Å². The number of nitrogens with zero attached hydrogens (tertiary/aromatic N) is 2. The number of pyridine rings is 2. The lowest BCUT2D eigenvalue weighted by Crippen LogP contribution is -2.34. The fourth-order valence-corrected chi connectivity index (χ4v) is 3.40. The Labute approximate surface area is 145 Å². The van der Waals surface area contributed by atoms with Crippen molar-refractivity contribution in [1.29, 1.82) is 0 Å². The molecule has 0 aliphatic heterocycles. The van der Waals surface area contributed by atoms with Crippen LogP contribution in [0.2, 0.25) is 5.02 Å². The molecule has 0 amide bonds. The number of nitrogen functional groups attached to an aromatic ring is 2. The highest BCUT2D eigenvalue weighted by Crippen LogP contribution is 2.41. The molecule has 3 aromatic rings. The van der Waals surface area contributed by atoms with Gasteiger partial charge in [-0.2, -0.15) is 0 Å². The predicted octanol–water partition coefficient (Wildman–Crippen LogP) is 3.81. The van der Waals surface area contributed by atoms with Gasteiger partial charge in [0.05, 0.1) is 11.2 Å². The van der Waals surface area contributed by atoms with E-state index in [1.807, 2.05) is 30.3 Å². The molecule has 0 atom stereocenters. The van der Waals surface area contributed by atoms with Gasteiger partial charge in [0.25, 0.3) is 0 Å². The summed E-state index contributed by atoms with van der Waals surface area (Å²) in [6.07, 6.45) is 3.72. The average molecular weight is 340 g/mol. The Bertz CT molecular complexity index is 905. The second-order valence-corrected chi connectivity index (χ2v) is 6.68. The fraction of sp³-hybridized carbons (Fsp3) is 0.222. The van der Waals surface area contributed by atoms with Crippen LogP contribution in [0.4, 0.5) is 17.3 Å². The molecular formula is C18H18ClN5. The zero-order valence-corrected chi connectivity index (χ0v) is 13.8. The Kier molecular flexibility index (Phi) is 3.65. The van der Waals surface area contributed by atoms with Gasteiger partial charge in [-0.25, -0.2) is 9.97 Å². The molecule has 24 heavy (non-hydrogen) atoms. The predicted molar refractivity (Wildman–Crippen MR) is 99.2 cm³/mol. The highest BCUT2D eigenvalue weighted by atomic mass is 35.5. The van der Waals surface area contributed by atoms with Crippen LogP contribution >= 0.6 is 11.6 Å². The number of hydrogen-bond acceptors (Lipinski definition) is 5. The molecule has 1 aliphatic rings. The molecule has 1 saturated carbocycles. The number of hydrogen-bond donors (Lipinski definition) is 3. The molecule has 0 spiro atoms. The van der Waals surface area contributed by atoms with Gasteiger partial charge in [0, 0.05) is 22.6 Å². The van der Waals surface area contributed by atoms with Gasteiger partial charge in [0.1, 0.15) is 11.6 Å². The highest BCUT2D eigenvalue weighted by molar-refractivity contribution is 6.31. The van der Waals surface area contributed by atoms with Gasteiger partial charge in [0.2, 0.25) is 0 Å². The number of nitrogens with two attached hydrogens (primary N) is 2. The summed E-state index contributed by atoms with van der Waals surface area (Å²) in [7, 11) is 0. The van der Waals surface area contributed by atoms with Crippen molar-refractivity contribution in [3.05, 3.63) is 53.2 Å². The van der Waals surface area contributed by atoms with Crippen LogP contribution in [0.1, 0.15) is 24.3 Å². The van der Waals surface area contributed by atoms with Crippen LogP contribution in [0.25, 0.3) is 10.9 Å². The Morgan fingerprint density at radius 3 is 2.71 bits per heavy atom. The molecule has 5 nitrogen and oxygen atoms in total. The van der Waals surface area contributed by atoms with E-state index in [0.717, 1.165) is 35.1 Å². The van der Waals surface area contributed by atoms with E-state index in [9.17, 15) is 0 Å². The van der Waals surface area contributed by atoms with Crippen molar-refractivity contribution in [1.82, 2.24) is 9.97 Å². The quantitative estimate of drug-likeness (QED) is 0.675. The summed E-state index contributed by atoms with van der Waals surface area (Å²) in [6, 6.07) is 12.1. The first-order valence-electron chi connectivity index (χ1n) is 7.93. The summed E-state index contributed by atoms with van der Waals surface area (Å²) >= 11 is 6.04. The van der Waals surface area contributed by atoms with Gasteiger partial charge < -0.3 is 16.8 Å². The van der Waals surface area contributed by atoms with E-state index in [0.29, 0.717) is 28.5 Å². The number of anilines is 3. The number of nitrogens with one attached hydrogen (secondary N) is 1. The third-order valence-electron chi connectivity index (χ3n) is 4.64. The van der Waals surface area contributed by atoms with E-state index in [1.54, 1.807) is 6.20 Å². The number of fused-ring (bicyclic) bond motifs is 1. The molecule has 122 valence electrons. The maximum Gasteiger partial charge on any atom is 0.146 e. The third-order valence-corrected chi connectivity index (χ3v) is 4.87. The third kappa shape index (κ3) is 2.71. The van der Waals surface area contributed by atoms with Crippen LogP contribution in [0, 0.1) is 0 Å². The first-order valence-corrected chi connectivity index (χ1v) is 8.30. The zero-order valence-electron chi connectivity index (χ0n) is 13.0. The summed E-state index contributed by atoms with van der Waals surface area (Å²) < 4.78 is 0. The SMILES string of the molecule is Nc1nccc(C2CC(Nc3ccc4ccc(Cl)cc4n3)C2)c1N. The molecule has 0 unspecified atom stereocenters. The molecule has 0 bridgehead atoms. The summed E-state index contributed by atoms with van der Waals surface area (Å²) in [6.45, 7) is 0. The lowest BCUT2D eigenvalue weighted by molar-refractivity contribution is 0.374. The average Bonchev–Trinajstić information content (AvgIpc) is 2.53. The van der Waals surface area contributed by atoms with Crippen molar-refractivity contribution >= 4 is 39.8 Å². The van der Waals surface area contributed by atoms with Crippen molar-refractivity contribution < 1.29 is 0 Å². The number of rotatable bonds is 3. The van der Waals surface area contributed by atoms with E-state index in [4.69, 9.17) is 23.1 Å². The molecule has 2 heterocycles. The van der Waals surface area contributed by atoms with Crippen molar-refractivity contribution in [2.24, 2.45) is 0 Å². The normalized spacial score (nSPS) is 19.9. The molecule has 4 rings (SSSR count). The van der Waals surface area contributed by atoms with E-state index in [2.05, 4.69) is 21.4 Å². The molecule has 1 aliphatic carbocycles. The van der Waals surface area contributed by atoms with Crippen LogP contribution in [-0.4, -0.2) is 16.0 Å². The molecule has 0 saturated heterocycles. The van der Waals surface area contributed by atoms with Gasteiger partial charge in [-0.1, -0.05) is 17.7 Å². The number of halogens is 1. The summed E-state index contributed by atoms with van der Waals surface area (Å²) in [5.41, 5.74) is 14.4. The maximum atomic E-state index is 6.04. The van der Waals surface area contributed by atoms with E-state index in [-0.39, 0.29) is 0 Å².